The molecule has 0 rings (SSSR count). The van der Waals surface area contributed by atoms with E-state index in [1.165, 1.54) is 0 Å². The molecule has 0 fully saturated rings. The summed E-state index contributed by atoms with van der Waals surface area (Å²) in [5, 5.41) is 0. The Balaban J connectivity index is 3.75. The van der Waals surface area contributed by atoms with Gasteiger partial charge in [0.05, 0.1) is 0 Å². The molecule has 1 amide bonds. The molecule has 4 nitrogen and oxygen atoms in total. The van der Waals surface area contributed by atoms with Crippen LogP contribution < -0.4 is 0 Å². The van der Waals surface area contributed by atoms with Gasteiger partial charge in [0.25, 0.3) is 0 Å². The van der Waals surface area contributed by atoms with Gasteiger partial charge in [-0.05, 0) is 33.6 Å². The highest BCUT2D eigenvalue weighted by Crippen LogP contribution is 2.09. The van der Waals surface area contributed by atoms with Crippen molar-refractivity contribution in [3.63, 3.8) is 0 Å². The van der Waals surface area contributed by atoms with Crippen LogP contribution in [0, 0.1) is 0 Å². The topological polar surface area (TPSA) is 46.6 Å². The minimum absolute atomic E-state index is 0.282. The van der Waals surface area contributed by atoms with Crippen molar-refractivity contribution in [2.24, 2.45) is 0 Å². The quantitative estimate of drug-likeness (QED) is 0.674. The first-order chi connectivity index (χ1) is 7.76. The minimum atomic E-state index is -0.455. The maximum absolute atomic E-state index is 11.6. The van der Waals surface area contributed by atoms with Crippen LogP contribution in [-0.2, 0) is 9.53 Å². The number of amides is 1. The molecule has 0 aliphatic heterocycles. The fourth-order valence-electron chi connectivity index (χ4n) is 1.28. The average Bonchev–Trinajstić information content (AvgIpc) is 2.21. The van der Waals surface area contributed by atoms with Crippen molar-refractivity contribution in [1.82, 2.24) is 4.90 Å². The molecule has 0 unspecified atom stereocenters. The normalized spacial score (nSPS) is 11.1. The Kier molecular flexibility index (Phi) is 6.85. The van der Waals surface area contributed by atoms with Crippen molar-refractivity contribution < 1.29 is 14.3 Å². The van der Waals surface area contributed by atoms with Gasteiger partial charge >= 0.3 is 6.09 Å². The van der Waals surface area contributed by atoms with Gasteiger partial charge in [-0.25, -0.2) is 4.79 Å². The molecule has 0 atom stereocenters. The molecular weight excluding hydrogens is 218 g/mol. The van der Waals surface area contributed by atoms with Gasteiger partial charge < -0.3 is 9.64 Å². The number of Topliss-reactive ketones (excluding diaryl/α,β-unsaturated/α-hetero) is 1. The minimum Gasteiger partial charge on any atom is -0.444 e. The molecule has 0 N–H and O–H groups in total. The monoisotopic (exact) mass is 243 g/mol. The van der Waals surface area contributed by atoms with Gasteiger partial charge in [-0.1, -0.05) is 6.92 Å². The molecule has 0 saturated heterocycles. The van der Waals surface area contributed by atoms with Gasteiger partial charge in [0.15, 0.2) is 0 Å². The van der Waals surface area contributed by atoms with Crippen molar-refractivity contribution in [3.8, 4) is 0 Å². The van der Waals surface area contributed by atoms with Crippen molar-refractivity contribution in [3.05, 3.63) is 0 Å². The zero-order valence-corrected chi connectivity index (χ0v) is 11.7. The van der Waals surface area contributed by atoms with Crippen molar-refractivity contribution in [1.29, 1.82) is 0 Å². The van der Waals surface area contributed by atoms with Crippen LogP contribution in [0.3, 0.4) is 0 Å². The highest BCUT2D eigenvalue weighted by atomic mass is 16.6. The summed E-state index contributed by atoms with van der Waals surface area (Å²) in [5.74, 6) is 0.282. The lowest BCUT2D eigenvalue weighted by molar-refractivity contribution is -0.118. The first-order valence-electron chi connectivity index (χ1n) is 6.22. The molecule has 0 aliphatic carbocycles. The van der Waals surface area contributed by atoms with Gasteiger partial charge in [0.1, 0.15) is 11.4 Å². The van der Waals surface area contributed by atoms with Crippen molar-refractivity contribution in [2.45, 2.75) is 59.0 Å². The van der Waals surface area contributed by atoms with Crippen LogP contribution in [-0.4, -0.2) is 36.0 Å². The van der Waals surface area contributed by atoms with Crippen LogP contribution in [0.4, 0.5) is 4.79 Å². The summed E-state index contributed by atoms with van der Waals surface area (Å²) in [5.41, 5.74) is -0.455. The molecule has 0 aromatic heterocycles. The van der Waals surface area contributed by atoms with Crippen LogP contribution in [0.1, 0.15) is 53.4 Å². The number of ether oxygens (including phenoxy) is 1. The fourth-order valence-corrected chi connectivity index (χ4v) is 1.28. The van der Waals surface area contributed by atoms with Crippen LogP contribution >= 0.6 is 0 Å². The van der Waals surface area contributed by atoms with E-state index in [9.17, 15) is 9.59 Å². The third-order valence-electron chi connectivity index (χ3n) is 2.30. The zero-order chi connectivity index (χ0) is 13.5. The van der Waals surface area contributed by atoms with Crippen LogP contribution in [0.15, 0.2) is 0 Å². The summed E-state index contributed by atoms with van der Waals surface area (Å²) in [6.45, 7) is 8.04. The van der Waals surface area contributed by atoms with E-state index in [0.717, 1.165) is 12.8 Å². The SMILES string of the molecule is CCC(=O)CCCCN(C)C(=O)OC(C)(C)C. The predicted molar refractivity (Wildman–Crippen MR) is 68.0 cm³/mol. The molecule has 0 radical (unpaired) electrons. The lowest BCUT2D eigenvalue weighted by Crippen LogP contribution is -2.34. The zero-order valence-electron chi connectivity index (χ0n) is 11.7. The second-order valence-corrected chi connectivity index (χ2v) is 5.25. The molecule has 4 heteroatoms. The van der Waals surface area contributed by atoms with E-state index in [1.54, 1.807) is 11.9 Å². The first kappa shape index (κ1) is 15.9. The summed E-state index contributed by atoms with van der Waals surface area (Å²) < 4.78 is 5.22. The van der Waals surface area contributed by atoms with Gasteiger partial charge in [-0.2, -0.15) is 0 Å². The Bertz CT molecular complexity index is 256. The number of unbranched alkanes of at least 4 members (excludes halogenated alkanes) is 1. The van der Waals surface area contributed by atoms with E-state index in [2.05, 4.69) is 0 Å². The predicted octanol–water partition coefficient (Wildman–Crippen LogP) is 3.00. The second-order valence-electron chi connectivity index (χ2n) is 5.25. The number of carbonyl (C=O) groups is 2. The standard InChI is InChI=1S/C13H25NO3/c1-6-11(15)9-7-8-10-14(5)12(16)17-13(2,3)4/h6-10H2,1-5H3. The molecule has 0 aromatic rings. The maximum Gasteiger partial charge on any atom is 0.410 e. The lowest BCUT2D eigenvalue weighted by Gasteiger charge is -2.24. The number of hydrogen-bond donors (Lipinski definition) is 0. The van der Waals surface area contributed by atoms with Gasteiger partial charge in [0.2, 0.25) is 0 Å². The van der Waals surface area contributed by atoms with Gasteiger partial charge in [-0.3, -0.25) is 4.79 Å². The average molecular weight is 243 g/mol. The highest BCUT2D eigenvalue weighted by Gasteiger charge is 2.18. The Hall–Kier alpha value is -1.06. The molecule has 100 valence electrons. The van der Waals surface area contributed by atoms with E-state index in [0.29, 0.717) is 19.4 Å². The highest BCUT2D eigenvalue weighted by molar-refractivity contribution is 5.77. The number of carbonyl (C=O) groups excluding carboxylic acids is 2. The van der Waals surface area contributed by atoms with E-state index in [4.69, 9.17) is 4.74 Å². The van der Waals surface area contributed by atoms with E-state index in [-0.39, 0.29) is 11.9 Å². The molecule has 0 heterocycles. The van der Waals surface area contributed by atoms with Crippen LogP contribution in [0.5, 0.6) is 0 Å². The second kappa shape index (κ2) is 7.30. The molecular formula is C13H25NO3. The van der Waals surface area contributed by atoms with E-state index in [1.807, 2.05) is 27.7 Å². The summed E-state index contributed by atoms with van der Waals surface area (Å²) >= 11 is 0. The van der Waals surface area contributed by atoms with Crippen LogP contribution in [0.2, 0.25) is 0 Å². The van der Waals surface area contributed by atoms with E-state index < -0.39 is 5.60 Å². The van der Waals surface area contributed by atoms with Crippen molar-refractivity contribution >= 4 is 11.9 Å². The van der Waals surface area contributed by atoms with Gasteiger partial charge in [0, 0.05) is 26.4 Å². The Morgan fingerprint density at radius 1 is 1.18 bits per heavy atom. The number of rotatable bonds is 6. The van der Waals surface area contributed by atoms with Crippen molar-refractivity contribution in [2.75, 3.05) is 13.6 Å². The summed E-state index contributed by atoms with van der Waals surface area (Å²) in [6, 6.07) is 0. The van der Waals surface area contributed by atoms with E-state index >= 15 is 0 Å². The molecule has 17 heavy (non-hydrogen) atoms. The van der Waals surface area contributed by atoms with Gasteiger partial charge in [-0.15, -0.1) is 0 Å². The number of ketones is 1. The van der Waals surface area contributed by atoms with Crippen LogP contribution in [0.25, 0.3) is 0 Å². The third kappa shape index (κ3) is 8.72. The molecule has 0 spiro atoms. The number of nitrogens with zero attached hydrogens (tertiary/aromatic N) is 1. The fraction of sp³-hybridized carbons (Fsp3) is 0.846. The Labute approximate surface area is 104 Å². The lowest BCUT2D eigenvalue weighted by atomic mass is 10.1. The molecule has 0 aromatic carbocycles. The number of hydrogen-bond acceptors (Lipinski definition) is 3. The largest absolute Gasteiger partial charge is 0.444 e. The Morgan fingerprint density at radius 2 is 1.76 bits per heavy atom. The molecule has 0 aliphatic rings. The summed E-state index contributed by atoms with van der Waals surface area (Å²) in [4.78, 5) is 24.2. The summed E-state index contributed by atoms with van der Waals surface area (Å²) in [6.07, 6.45) is 2.57. The summed E-state index contributed by atoms with van der Waals surface area (Å²) in [7, 11) is 1.72. The maximum atomic E-state index is 11.6. The molecule has 0 saturated carbocycles. The third-order valence-corrected chi connectivity index (χ3v) is 2.30. The first-order valence-corrected chi connectivity index (χ1v) is 6.22. The Morgan fingerprint density at radius 3 is 2.24 bits per heavy atom. The molecule has 0 bridgehead atoms. The smallest absolute Gasteiger partial charge is 0.410 e.